The molecular formula is C19H24N2O4S. The number of aromatic nitrogens is 1. The Balaban J connectivity index is 1.61. The van der Waals surface area contributed by atoms with Crippen LogP contribution < -0.4 is 4.18 Å². The summed E-state index contributed by atoms with van der Waals surface area (Å²) < 4.78 is 35.7. The summed E-state index contributed by atoms with van der Waals surface area (Å²) >= 11 is 0. The Labute approximate surface area is 153 Å². The fraction of sp³-hybridized carbons (Fsp3) is 0.579. The molecule has 2 aromatic rings. The van der Waals surface area contributed by atoms with Crippen molar-refractivity contribution >= 4 is 21.3 Å². The zero-order valence-electron chi connectivity index (χ0n) is 14.8. The van der Waals surface area contributed by atoms with Gasteiger partial charge < -0.3 is 9.17 Å². The summed E-state index contributed by atoms with van der Waals surface area (Å²) in [4.78, 5) is 6.33. The normalized spacial score (nSPS) is 33.1. The molecule has 4 heterocycles. The molecule has 4 bridgehead atoms. The smallest absolute Gasteiger partial charge is 0.362 e. The third kappa shape index (κ3) is 2.56. The predicted molar refractivity (Wildman–Crippen MR) is 98.8 cm³/mol. The van der Waals surface area contributed by atoms with E-state index in [2.05, 4.69) is 21.0 Å². The fourth-order valence-corrected chi connectivity index (χ4v) is 6.19. The average Bonchev–Trinajstić information content (AvgIpc) is 2.91. The first-order valence-corrected chi connectivity index (χ1v) is 10.8. The quantitative estimate of drug-likeness (QED) is 0.805. The number of nitrogens with zero attached hydrogens (tertiary/aromatic N) is 1. The fourth-order valence-electron chi connectivity index (χ4n) is 5.85. The van der Waals surface area contributed by atoms with Crippen LogP contribution in [-0.2, 0) is 16.8 Å². The zero-order chi connectivity index (χ0) is 18.1. The van der Waals surface area contributed by atoms with Crippen molar-refractivity contribution in [3.05, 3.63) is 29.5 Å². The van der Waals surface area contributed by atoms with E-state index in [0.717, 1.165) is 35.7 Å². The van der Waals surface area contributed by atoms with Crippen LogP contribution in [0.5, 0.6) is 5.75 Å². The van der Waals surface area contributed by atoms with Crippen molar-refractivity contribution < 1.29 is 17.2 Å². The largest absolute Gasteiger partial charge is 0.446 e. The molecule has 3 fully saturated rings. The zero-order valence-corrected chi connectivity index (χ0v) is 15.6. The van der Waals surface area contributed by atoms with Gasteiger partial charge in [-0.05, 0) is 54.9 Å². The minimum absolute atomic E-state index is 0.155. The van der Waals surface area contributed by atoms with E-state index in [9.17, 15) is 8.42 Å². The van der Waals surface area contributed by atoms with E-state index in [4.69, 9.17) is 4.55 Å². The Morgan fingerprint density at radius 1 is 1.35 bits per heavy atom. The van der Waals surface area contributed by atoms with Gasteiger partial charge in [-0.25, -0.2) is 0 Å². The molecule has 0 spiro atoms. The summed E-state index contributed by atoms with van der Waals surface area (Å²) in [6, 6.07) is 5.78. The molecule has 1 aliphatic carbocycles. The monoisotopic (exact) mass is 376 g/mol. The lowest BCUT2D eigenvalue weighted by atomic mass is 9.65. The van der Waals surface area contributed by atoms with Gasteiger partial charge in [-0.1, -0.05) is 13.3 Å². The molecule has 1 aromatic heterocycles. The number of hydrogen-bond acceptors (Lipinski definition) is 4. The Hall–Kier alpha value is -1.57. The SMILES string of the molecule is CCC1CC2CC3c4[nH]c5ccc(OS(=O)(=O)O)cc5c4CCN(C2)C13. The van der Waals surface area contributed by atoms with Gasteiger partial charge in [-0.15, -0.1) is 0 Å². The average molecular weight is 376 g/mol. The van der Waals surface area contributed by atoms with E-state index in [0.29, 0.717) is 12.0 Å². The molecular weight excluding hydrogens is 352 g/mol. The minimum Gasteiger partial charge on any atom is -0.362 e. The van der Waals surface area contributed by atoms with Gasteiger partial charge in [0.2, 0.25) is 0 Å². The number of nitrogens with one attached hydrogen (secondary N) is 1. The highest BCUT2D eigenvalue weighted by Crippen LogP contribution is 2.51. The van der Waals surface area contributed by atoms with Gasteiger partial charge in [-0.2, -0.15) is 8.42 Å². The molecule has 5 unspecified atom stereocenters. The van der Waals surface area contributed by atoms with Crippen LogP contribution >= 0.6 is 0 Å². The van der Waals surface area contributed by atoms with Crippen molar-refractivity contribution in [2.75, 3.05) is 13.1 Å². The van der Waals surface area contributed by atoms with Gasteiger partial charge >= 0.3 is 10.4 Å². The van der Waals surface area contributed by atoms with Gasteiger partial charge in [0.1, 0.15) is 5.75 Å². The number of rotatable bonds is 3. The van der Waals surface area contributed by atoms with E-state index >= 15 is 0 Å². The Kier molecular flexibility index (Phi) is 3.64. The molecule has 4 aliphatic rings. The van der Waals surface area contributed by atoms with E-state index in [1.54, 1.807) is 12.1 Å². The topological polar surface area (TPSA) is 82.6 Å². The highest BCUT2D eigenvalue weighted by molar-refractivity contribution is 7.81. The summed E-state index contributed by atoms with van der Waals surface area (Å²) in [6.07, 6.45) is 4.79. The molecule has 2 saturated heterocycles. The van der Waals surface area contributed by atoms with E-state index in [1.165, 1.54) is 37.1 Å². The number of aromatic amines is 1. The molecule has 26 heavy (non-hydrogen) atoms. The maximum Gasteiger partial charge on any atom is 0.446 e. The van der Waals surface area contributed by atoms with Crippen molar-refractivity contribution in [1.29, 1.82) is 0 Å². The number of H-pyrrole nitrogens is 1. The van der Waals surface area contributed by atoms with Crippen LogP contribution in [0.4, 0.5) is 0 Å². The number of benzene rings is 1. The second kappa shape index (κ2) is 5.71. The van der Waals surface area contributed by atoms with Gasteiger partial charge in [0.25, 0.3) is 0 Å². The van der Waals surface area contributed by atoms with Gasteiger partial charge in [-0.3, -0.25) is 9.45 Å². The molecule has 7 heteroatoms. The van der Waals surface area contributed by atoms with Crippen LogP contribution in [0.2, 0.25) is 0 Å². The summed E-state index contributed by atoms with van der Waals surface area (Å²) in [7, 11) is -4.51. The summed E-state index contributed by atoms with van der Waals surface area (Å²) in [5.74, 6) is 2.24. The second-order valence-electron chi connectivity index (χ2n) is 8.08. The number of hydrogen-bond donors (Lipinski definition) is 2. The first kappa shape index (κ1) is 16.6. The lowest BCUT2D eigenvalue weighted by Gasteiger charge is -2.53. The lowest BCUT2D eigenvalue weighted by Crippen LogP contribution is -2.56. The van der Waals surface area contributed by atoms with Crippen molar-refractivity contribution in [3.63, 3.8) is 0 Å². The molecule has 5 atom stereocenters. The number of fused-ring (bicyclic) bond motifs is 4. The van der Waals surface area contributed by atoms with Crippen LogP contribution in [0.3, 0.4) is 0 Å². The van der Waals surface area contributed by atoms with Crippen LogP contribution in [0.15, 0.2) is 18.2 Å². The van der Waals surface area contributed by atoms with E-state index < -0.39 is 10.4 Å². The van der Waals surface area contributed by atoms with Crippen LogP contribution in [0, 0.1) is 11.8 Å². The highest BCUT2D eigenvalue weighted by Gasteiger charge is 2.48. The highest BCUT2D eigenvalue weighted by atomic mass is 32.3. The Bertz CT molecular complexity index is 967. The standard InChI is InChI=1S/C19H24N2O4S/c1-2-12-7-11-8-16-18-14(5-6-21(10-11)19(12)16)15-9-13(25-26(22,23)24)3-4-17(15)20-18/h3-4,9,11-12,16,19-20H,2,5-8,10H2,1H3,(H,22,23,24). The van der Waals surface area contributed by atoms with Gasteiger partial charge in [0.05, 0.1) is 0 Å². The predicted octanol–water partition coefficient (Wildman–Crippen LogP) is 3.11. The Morgan fingerprint density at radius 2 is 2.19 bits per heavy atom. The van der Waals surface area contributed by atoms with Crippen LogP contribution in [0.25, 0.3) is 10.9 Å². The maximum atomic E-state index is 11.0. The molecule has 6 rings (SSSR count). The molecule has 1 saturated carbocycles. The van der Waals surface area contributed by atoms with Gasteiger partial charge in [0.15, 0.2) is 0 Å². The second-order valence-corrected chi connectivity index (χ2v) is 9.11. The summed E-state index contributed by atoms with van der Waals surface area (Å²) in [5, 5.41) is 1.01. The third-order valence-electron chi connectivity index (χ3n) is 6.69. The Morgan fingerprint density at radius 3 is 2.96 bits per heavy atom. The van der Waals surface area contributed by atoms with Gasteiger partial charge in [0, 0.05) is 41.6 Å². The first-order valence-electron chi connectivity index (χ1n) is 9.48. The summed E-state index contributed by atoms with van der Waals surface area (Å²) in [6.45, 7) is 4.58. The van der Waals surface area contributed by atoms with Crippen LogP contribution in [-0.4, -0.2) is 42.0 Å². The molecule has 0 radical (unpaired) electrons. The molecule has 1 aromatic carbocycles. The maximum absolute atomic E-state index is 11.0. The first-order chi connectivity index (χ1) is 12.4. The van der Waals surface area contributed by atoms with E-state index in [1.807, 2.05) is 6.07 Å². The van der Waals surface area contributed by atoms with Crippen molar-refractivity contribution in [2.24, 2.45) is 11.8 Å². The van der Waals surface area contributed by atoms with Crippen molar-refractivity contribution in [1.82, 2.24) is 9.88 Å². The molecule has 0 amide bonds. The number of piperidine rings is 2. The molecule has 2 N–H and O–H groups in total. The van der Waals surface area contributed by atoms with Crippen LogP contribution in [0.1, 0.15) is 43.4 Å². The lowest BCUT2D eigenvalue weighted by molar-refractivity contribution is -0.0134. The summed E-state index contributed by atoms with van der Waals surface area (Å²) in [5.41, 5.74) is 3.63. The van der Waals surface area contributed by atoms with E-state index in [-0.39, 0.29) is 5.75 Å². The van der Waals surface area contributed by atoms with Crippen molar-refractivity contribution in [2.45, 2.75) is 44.6 Å². The molecule has 3 aliphatic heterocycles. The third-order valence-corrected chi connectivity index (χ3v) is 7.09. The molecule has 6 nitrogen and oxygen atoms in total. The van der Waals surface area contributed by atoms with Crippen molar-refractivity contribution in [3.8, 4) is 5.75 Å². The molecule has 140 valence electrons. The minimum atomic E-state index is -4.51.